The van der Waals surface area contributed by atoms with Crippen LogP contribution in [0.15, 0.2) is 53.4 Å². The van der Waals surface area contributed by atoms with Crippen LogP contribution in [0.3, 0.4) is 0 Å². The average molecular weight is 397 g/mol. The first kappa shape index (κ1) is 30.4. The smallest absolute Gasteiger partial charge is 0.680 e. The third-order valence-electron chi connectivity index (χ3n) is 2.08. The fourth-order valence-corrected chi connectivity index (χ4v) is 1.68. The summed E-state index contributed by atoms with van der Waals surface area (Å²) in [6.07, 6.45) is 5.96. The number of carbonyl (C=O) groups is 1. The van der Waals surface area contributed by atoms with Crippen LogP contribution >= 0.6 is 0 Å². The fraction of sp³-hybridized carbons (Fsp3) is 0.368. The van der Waals surface area contributed by atoms with Crippen LogP contribution in [0.4, 0.5) is 0 Å². The molecule has 0 spiro atoms. The van der Waals surface area contributed by atoms with Crippen LogP contribution < -0.4 is 18.9 Å². The van der Waals surface area contributed by atoms with E-state index in [9.17, 15) is 4.79 Å². The van der Waals surface area contributed by atoms with Gasteiger partial charge in [-0.2, -0.15) is 0 Å². The van der Waals surface area contributed by atoms with Gasteiger partial charge in [0.05, 0.1) is 5.69 Å². The topological polar surface area (TPSA) is 79.0 Å². The van der Waals surface area contributed by atoms with Crippen molar-refractivity contribution in [2.75, 3.05) is 0 Å². The number of hydrogen-bond donors (Lipinski definition) is 0. The molecule has 2 heterocycles. The summed E-state index contributed by atoms with van der Waals surface area (Å²) < 4.78 is 4.48. The molecule has 0 saturated carbocycles. The van der Waals surface area contributed by atoms with Crippen molar-refractivity contribution in [3.05, 3.63) is 65.6 Å². The van der Waals surface area contributed by atoms with E-state index in [4.69, 9.17) is 5.40 Å². The predicted octanol–water partition coefficient (Wildman–Crippen LogP) is 2.74. The molecule has 0 amide bonds. The number of nitrogens with zero attached hydrogens (tertiary/aromatic N) is 3. The van der Waals surface area contributed by atoms with Crippen LogP contribution in [0.5, 0.6) is 0 Å². The summed E-state index contributed by atoms with van der Waals surface area (Å²) in [5.74, 6) is 0. The van der Waals surface area contributed by atoms with Crippen molar-refractivity contribution >= 4 is 29.0 Å². The quantitative estimate of drug-likeness (QED) is 0.454. The zero-order valence-electron chi connectivity index (χ0n) is 17.0. The van der Waals surface area contributed by atoms with Crippen molar-refractivity contribution in [3.63, 3.8) is 0 Å². The zero-order chi connectivity index (χ0) is 19.3. The van der Waals surface area contributed by atoms with Crippen molar-refractivity contribution in [2.45, 2.75) is 46.7 Å². The Hall–Kier alpha value is -1.37. The molecule has 0 atom stereocenters. The van der Waals surface area contributed by atoms with Crippen LogP contribution in [-0.4, -0.2) is 38.9 Å². The van der Waals surface area contributed by atoms with Gasteiger partial charge in [0.15, 0.2) is 14.5 Å². The molecule has 0 aliphatic rings. The standard InChI is InChI=1S/C9H14N2Si.C6H5NO.C3H10NSi.CH4.Li/c1-12(2,3)11-8-9-6-4-5-7-10-9;8-5-6-3-1-2-4-7-6;1-5(2,3)4;;/h4-8H,1-3H3;1-5H;4H,1-3H3;1H4;/q;;-1;;+1. The number of aldehydes is 1. The van der Waals surface area contributed by atoms with Crippen LogP contribution in [0.25, 0.3) is 5.40 Å². The first-order valence-electron chi connectivity index (χ1n) is 8.09. The normalized spacial score (nSPS) is 10.2. The molecule has 0 fully saturated rings. The molecule has 0 radical (unpaired) electrons. The van der Waals surface area contributed by atoms with Gasteiger partial charge in [-0.15, -0.1) is 0 Å². The first-order chi connectivity index (χ1) is 11.5. The van der Waals surface area contributed by atoms with E-state index in [1.165, 1.54) is 0 Å². The third-order valence-corrected chi connectivity index (χ3v) is 2.98. The summed E-state index contributed by atoms with van der Waals surface area (Å²) in [7, 11) is -2.67. The Morgan fingerprint density at radius 2 is 1.30 bits per heavy atom. The maximum Gasteiger partial charge on any atom is 1.00 e. The summed E-state index contributed by atoms with van der Waals surface area (Å²) in [4.78, 5) is 17.8. The number of nitrogens with one attached hydrogen (secondary N) is 1. The van der Waals surface area contributed by atoms with Gasteiger partial charge in [-0.05, 0) is 43.9 Å². The molecule has 2 aromatic rings. The second-order valence-corrected chi connectivity index (χ2v) is 16.4. The van der Waals surface area contributed by atoms with Gasteiger partial charge in [-0.3, -0.25) is 14.8 Å². The van der Waals surface area contributed by atoms with Crippen LogP contribution in [0, 0.1) is 0 Å². The van der Waals surface area contributed by atoms with E-state index in [-0.39, 0.29) is 26.3 Å². The summed E-state index contributed by atoms with van der Waals surface area (Å²) in [6, 6.07) is 11.0. The van der Waals surface area contributed by atoms with E-state index in [1.54, 1.807) is 30.6 Å². The number of hydrogen-bond acceptors (Lipinski definition) is 4. The van der Waals surface area contributed by atoms with Gasteiger partial charge in [-0.25, -0.2) is 0 Å². The fourth-order valence-electron chi connectivity index (χ4n) is 1.16. The molecule has 0 aliphatic heterocycles. The van der Waals surface area contributed by atoms with E-state index >= 15 is 0 Å². The van der Waals surface area contributed by atoms with Gasteiger partial charge in [-0.1, -0.05) is 47.4 Å². The van der Waals surface area contributed by atoms with E-state index in [2.05, 4.69) is 34.3 Å². The largest absolute Gasteiger partial charge is 1.00 e. The summed E-state index contributed by atoms with van der Waals surface area (Å²) in [6.45, 7) is 12.6. The Bertz CT molecular complexity index is 622. The van der Waals surface area contributed by atoms with Crippen molar-refractivity contribution < 1.29 is 23.7 Å². The second kappa shape index (κ2) is 15.7. The molecule has 2 aromatic heterocycles. The van der Waals surface area contributed by atoms with Crippen molar-refractivity contribution in [1.29, 1.82) is 0 Å². The number of rotatable bonds is 3. The SMILES string of the molecule is C.C[Si](C)(C)N=Cc1ccccn1.C[Si](C)(C)[NH-].O=Cc1ccccn1.[Li+]. The summed E-state index contributed by atoms with van der Waals surface area (Å²) in [5.41, 5.74) is 1.42. The number of aromatic nitrogens is 2. The Morgan fingerprint density at radius 3 is 1.56 bits per heavy atom. The van der Waals surface area contributed by atoms with E-state index in [1.807, 2.05) is 44.1 Å². The van der Waals surface area contributed by atoms with E-state index in [0.29, 0.717) is 5.69 Å². The Labute approximate surface area is 179 Å². The monoisotopic (exact) mass is 396 g/mol. The molecule has 0 bridgehead atoms. The molecule has 144 valence electrons. The second-order valence-electron chi connectivity index (χ2n) is 7.31. The molecule has 0 unspecified atom stereocenters. The van der Waals surface area contributed by atoms with Gasteiger partial charge in [0.2, 0.25) is 0 Å². The first-order valence-corrected chi connectivity index (χ1v) is 15.0. The molecule has 5 nitrogen and oxygen atoms in total. The Morgan fingerprint density at radius 1 is 0.889 bits per heavy atom. The third kappa shape index (κ3) is 24.6. The van der Waals surface area contributed by atoms with Gasteiger partial charge in [0.1, 0.15) is 5.69 Å². The molecule has 2 rings (SSSR count). The van der Waals surface area contributed by atoms with E-state index < -0.39 is 16.5 Å². The van der Waals surface area contributed by atoms with Crippen molar-refractivity contribution in [3.8, 4) is 0 Å². The minimum atomic E-state index is -1.36. The molecular weight excluding hydrogens is 363 g/mol. The molecule has 0 aromatic carbocycles. The van der Waals surface area contributed by atoms with Crippen LogP contribution in [-0.2, 0) is 0 Å². The molecule has 27 heavy (non-hydrogen) atoms. The van der Waals surface area contributed by atoms with Crippen molar-refractivity contribution in [2.24, 2.45) is 4.66 Å². The average Bonchev–Trinajstić information content (AvgIpc) is 2.53. The molecule has 0 aliphatic carbocycles. The molecule has 1 N–H and O–H groups in total. The van der Waals surface area contributed by atoms with Crippen LogP contribution in [0.2, 0.25) is 39.3 Å². The maximum atomic E-state index is 9.94. The van der Waals surface area contributed by atoms with Gasteiger partial charge in [0, 0.05) is 18.6 Å². The minimum Gasteiger partial charge on any atom is -0.680 e. The Balaban J connectivity index is -0.000000337. The van der Waals surface area contributed by atoms with Crippen molar-refractivity contribution in [1.82, 2.24) is 9.97 Å². The van der Waals surface area contributed by atoms with Crippen LogP contribution in [0.1, 0.15) is 23.6 Å². The molecule has 8 heteroatoms. The summed E-state index contributed by atoms with van der Waals surface area (Å²) in [5, 5.41) is 7.08. The number of carbonyl (C=O) groups excluding carboxylic acids is 1. The van der Waals surface area contributed by atoms with Gasteiger partial charge < -0.3 is 10.1 Å². The van der Waals surface area contributed by atoms with E-state index in [0.717, 1.165) is 12.0 Å². The molecule has 0 saturated heterocycles. The Kier molecular flexibility index (Phi) is 17.6. The summed E-state index contributed by atoms with van der Waals surface area (Å²) >= 11 is 0. The zero-order valence-corrected chi connectivity index (χ0v) is 19.0. The maximum absolute atomic E-state index is 9.94. The van der Waals surface area contributed by atoms with Gasteiger partial charge in [0.25, 0.3) is 0 Å². The van der Waals surface area contributed by atoms with Gasteiger partial charge >= 0.3 is 18.9 Å². The number of pyridine rings is 2. The minimum absolute atomic E-state index is 0. The predicted molar refractivity (Wildman–Crippen MR) is 119 cm³/mol. The molecular formula is C19H33LiN4OSi2.